The molecule has 118 valence electrons. The van der Waals surface area contributed by atoms with Gasteiger partial charge in [0.1, 0.15) is 11.4 Å². The van der Waals surface area contributed by atoms with E-state index >= 15 is 0 Å². The molecule has 2 saturated heterocycles. The zero-order valence-electron chi connectivity index (χ0n) is 12.0. The summed E-state index contributed by atoms with van der Waals surface area (Å²) in [6, 6.07) is 5.68. The normalized spacial score (nSPS) is 25.3. The molecule has 0 spiro atoms. The van der Waals surface area contributed by atoms with Gasteiger partial charge in [0.05, 0.1) is 23.6 Å². The summed E-state index contributed by atoms with van der Waals surface area (Å²) in [6.45, 7) is 4.68. The molecule has 2 atom stereocenters. The van der Waals surface area contributed by atoms with E-state index in [0.717, 1.165) is 43.2 Å². The number of anilines is 1. The molecule has 3 aliphatic rings. The fourth-order valence-corrected chi connectivity index (χ4v) is 3.93. The molecule has 0 aliphatic carbocycles. The highest BCUT2D eigenvalue weighted by molar-refractivity contribution is 7.58. The second-order valence-electron chi connectivity index (χ2n) is 5.86. The average molecular weight is 340 g/mol. The topological polar surface area (TPSA) is 69.1 Å². The van der Waals surface area contributed by atoms with Crippen molar-refractivity contribution in [1.82, 2.24) is 10.2 Å². The molecular formula is C14H18ClN5OS. The number of hydrogen-bond donors (Lipinski definition) is 2. The minimum atomic E-state index is 0. The standard InChI is InChI=1S/C14H17N5OS.ClH/c20-13(8-19-6-9-4-15-5-10(9)7-19)16-11-2-1-3-12-14(11)18-21-17-12;/h1-3,9-10,15H,4-8H2,(H,16,20);1H/t9-,10+;. The molecule has 0 aromatic heterocycles. The molecule has 0 bridgehead atoms. The molecule has 22 heavy (non-hydrogen) atoms. The first-order valence-corrected chi connectivity index (χ1v) is 7.97. The number of carbonyl (C=O) groups excluding carboxylic acids is 1. The molecule has 0 saturated carbocycles. The van der Waals surface area contributed by atoms with Crippen molar-refractivity contribution >= 4 is 46.7 Å². The first-order valence-electron chi connectivity index (χ1n) is 7.24. The third-order valence-electron chi connectivity index (χ3n) is 4.39. The van der Waals surface area contributed by atoms with Crippen LogP contribution >= 0.6 is 12.4 Å². The zero-order chi connectivity index (χ0) is 14.2. The summed E-state index contributed by atoms with van der Waals surface area (Å²) in [7, 11) is 0. The Balaban J connectivity index is 0.00000144. The Kier molecular flexibility index (Phi) is 4.58. The molecule has 2 N–H and O–H groups in total. The van der Waals surface area contributed by atoms with Gasteiger partial charge in [-0.3, -0.25) is 9.69 Å². The number of fused-ring (bicyclic) bond motifs is 2. The summed E-state index contributed by atoms with van der Waals surface area (Å²) in [5.74, 6) is 1.45. The van der Waals surface area contributed by atoms with E-state index in [2.05, 4.69) is 24.3 Å². The highest BCUT2D eigenvalue weighted by atomic mass is 35.5. The molecule has 1 aromatic carbocycles. The summed E-state index contributed by atoms with van der Waals surface area (Å²) >= 11 is 1.17. The molecular weight excluding hydrogens is 322 g/mol. The minimum Gasteiger partial charge on any atom is -0.323 e. The van der Waals surface area contributed by atoms with Gasteiger partial charge in [0, 0.05) is 13.1 Å². The van der Waals surface area contributed by atoms with Crippen LogP contribution < -0.4 is 10.6 Å². The summed E-state index contributed by atoms with van der Waals surface area (Å²) in [5.41, 5.74) is 2.37. The molecule has 1 amide bonds. The van der Waals surface area contributed by atoms with Gasteiger partial charge in [0.25, 0.3) is 0 Å². The second kappa shape index (κ2) is 6.45. The van der Waals surface area contributed by atoms with E-state index in [1.165, 1.54) is 11.4 Å². The average Bonchev–Trinajstić information content (AvgIpc) is 3.12. The first-order chi connectivity index (χ1) is 10.3. The van der Waals surface area contributed by atoms with Crippen LogP contribution in [0.2, 0.25) is 0 Å². The molecule has 2 fully saturated rings. The Morgan fingerprint density at radius 3 is 2.86 bits per heavy atom. The van der Waals surface area contributed by atoms with E-state index in [1.807, 2.05) is 18.2 Å². The number of halogens is 1. The Hall–Kier alpha value is -1.28. The maximum Gasteiger partial charge on any atom is 0.238 e. The predicted octanol–water partition coefficient (Wildman–Crippen LogP) is 1.92. The fourth-order valence-electron chi connectivity index (χ4n) is 3.38. The van der Waals surface area contributed by atoms with Crippen LogP contribution in [0.3, 0.4) is 0 Å². The van der Waals surface area contributed by atoms with E-state index in [-0.39, 0.29) is 18.3 Å². The third-order valence-corrected chi connectivity index (χ3v) is 4.94. The number of nitrogens with one attached hydrogen (secondary N) is 2. The maximum absolute atomic E-state index is 12.2. The number of rotatable bonds is 3. The number of amides is 1. The summed E-state index contributed by atoms with van der Waals surface area (Å²) < 4.78 is 8.43. The highest BCUT2D eigenvalue weighted by Gasteiger charge is 2.36. The van der Waals surface area contributed by atoms with Crippen LogP contribution in [0.25, 0.3) is 0 Å². The zero-order valence-corrected chi connectivity index (χ0v) is 13.6. The van der Waals surface area contributed by atoms with Crippen molar-refractivity contribution in [3.8, 4) is 0 Å². The van der Waals surface area contributed by atoms with Crippen molar-refractivity contribution in [2.24, 2.45) is 20.6 Å². The maximum atomic E-state index is 12.2. The van der Waals surface area contributed by atoms with Crippen LogP contribution in [-0.2, 0) is 16.1 Å². The molecule has 8 heteroatoms. The van der Waals surface area contributed by atoms with Gasteiger partial charge >= 0.3 is 0 Å². The Morgan fingerprint density at radius 2 is 2.09 bits per heavy atom. The van der Waals surface area contributed by atoms with Gasteiger partial charge in [0.15, 0.2) is 0 Å². The third kappa shape index (κ3) is 2.94. The summed E-state index contributed by atoms with van der Waals surface area (Å²) in [6.07, 6.45) is 0. The van der Waals surface area contributed by atoms with Crippen molar-refractivity contribution in [3.63, 3.8) is 0 Å². The second-order valence-corrected chi connectivity index (χ2v) is 6.39. The van der Waals surface area contributed by atoms with E-state index in [4.69, 9.17) is 0 Å². The molecule has 1 aromatic rings. The fraction of sp³-hybridized carbons (Fsp3) is 0.500. The lowest BCUT2D eigenvalue weighted by molar-refractivity contribution is -0.117. The molecule has 0 unspecified atom stereocenters. The quantitative estimate of drug-likeness (QED) is 0.897. The van der Waals surface area contributed by atoms with Crippen molar-refractivity contribution in [3.05, 3.63) is 18.2 Å². The molecule has 3 heterocycles. The largest absolute Gasteiger partial charge is 0.323 e. The Morgan fingerprint density at radius 1 is 1.32 bits per heavy atom. The number of benzene rings is 1. The van der Waals surface area contributed by atoms with Crippen molar-refractivity contribution < 1.29 is 4.79 Å². The smallest absolute Gasteiger partial charge is 0.238 e. The van der Waals surface area contributed by atoms with Crippen LogP contribution in [0.15, 0.2) is 26.9 Å². The van der Waals surface area contributed by atoms with Crippen molar-refractivity contribution in [2.45, 2.75) is 0 Å². The number of hydrogen-bond acceptors (Lipinski definition) is 5. The Labute approximate surface area is 139 Å². The highest BCUT2D eigenvalue weighted by Crippen LogP contribution is 2.38. The number of nitrogens with zero attached hydrogens (tertiary/aromatic N) is 3. The van der Waals surface area contributed by atoms with Gasteiger partial charge in [-0.1, -0.05) is 6.07 Å². The van der Waals surface area contributed by atoms with Crippen LogP contribution in [-0.4, -0.2) is 43.5 Å². The van der Waals surface area contributed by atoms with E-state index in [1.54, 1.807) is 0 Å². The summed E-state index contributed by atoms with van der Waals surface area (Å²) in [4.78, 5) is 14.5. The molecule has 6 nitrogen and oxygen atoms in total. The SMILES string of the molecule is Cl.O=C(CN1C[C@H]2CNC[C@H]2C1)Nc1cccc2c1N=S=N2. The van der Waals surface area contributed by atoms with Gasteiger partial charge in [-0.25, -0.2) is 0 Å². The lowest BCUT2D eigenvalue weighted by Crippen LogP contribution is -2.33. The van der Waals surface area contributed by atoms with E-state index in [0.29, 0.717) is 18.4 Å². The van der Waals surface area contributed by atoms with Crippen molar-refractivity contribution in [1.29, 1.82) is 0 Å². The molecule has 0 radical (unpaired) electrons. The molecule has 3 aliphatic heterocycles. The summed E-state index contributed by atoms with van der Waals surface area (Å²) in [5, 5.41) is 6.39. The van der Waals surface area contributed by atoms with E-state index in [9.17, 15) is 4.79 Å². The van der Waals surface area contributed by atoms with Crippen molar-refractivity contribution in [2.75, 3.05) is 38.0 Å². The van der Waals surface area contributed by atoms with Crippen LogP contribution in [0, 0.1) is 11.8 Å². The lowest BCUT2D eigenvalue weighted by Gasteiger charge is -2.16. The minimum absolute atomic E-state index is 0. The van der Waals surface area contributed by atoms with Crippen LogP contribution in [0.4, 0.5) is 17.1 Å². The van der Waals surface area contributed by atoms with Gasteiger partial charge in [-0.15, -0.1) is 12.4 Å². The van der Waals surface area contributed by atoms with Gasteiger partial charge < -0.3 is 10.6 Å². The Bertz CT molecular complexity index is 649. The van der Waals surface area contributed by atoms with Crippen LogP contribution in [0.1, 0.15) is 0 Å². The van der Waals surface area contributed by atoms with Gasteiger partial charge in [-0.05, 0) is 37.1 Å². The lowest BCUT2D eigenvalue weighted by atomic mass is 10.0. The van der Waals surface area contributed by atoms with E-state index < -0.39 is 0 Å². The predicted molar refractivity (Wildman–Crippen MR) is 90.2 cm³/mol. The molecule has 4 rings (SSSR count). The first kappa shape index (κ1) is 15.6. The van der Waals surface area contributed by atoms with Gasteiger partial charge in [0.2, 0.25) is 5.91 Å². The van der Waals surface area contributed by atoms with Crippen LogP contribution in [0.5, 0.6) is 0 Å². The number of likely N-dealkylation sites (tertiary alicyclic amines) is 1. The monoisotopic (exact) mass is 339 g/mol. The number of carbonyl (C=O) groups is 1. The van der Waals surface area contributed by atoms with Gasteiger partial charge in [-0.2, -0.15) is 8.73 Å².